The van der Waals surface area contributed by atoms with Crippen LogP contribution in [0.25, 0.3) is 0 Å². The molecule has 3 heteroatoms. The Labute approximate surface area is 78.2 Å². The zero-order valence-corrected chi connectivity index (χ0v) is 8.05. The monoisotopic (exact) mass is 185 g/mol. The minimum Gasteiger partial charge on any atom is -0.505 e. The van der Waals surface area contributed by atoms with Crippen LogP contribution in [-0.4, -0.2) is 11.7 Å². The molecule has 0 aliphatic carbocycles. The first kappa shape index (κ1) is 11.9. The van der Waals surface area contributed by atoms with E-state index < -0.39 is 5.82 Å². The van der Waals surface area contributed by atoms with Crippen LogP contribution in [0.3, 0.4) is 0 Å². The van der Waals surface area contributed by atoms with Gasteiger partial charge < -0.3 is 10.8 Å². The largest absolute Gasteiger partial charge is 0.505 e. The third kappa shape index (κ3) is 3.90. The summed E-state index contributed by atoms with van der Waals surface area (Å²) in [6, 6.07) is 4.29. The average Bonchev–Trinajstić information content (AvgIpc) is 2.15. The molecule has 0 aliphatic heterocycles. The van der Waals surface area contributed by atoms with Gasteiger partial charge in [0.1, 0.15) is 0 Å². The van der Waals surface area contributed by atoms with Crippen LogP contribution in [0.4, 0.5) is 4.39 Å². The highest BCUT2D eigenvalue weighted by molar-refractivity contribution is 5.28. The topological polar surface area (TPSA) is 46.2 Å². The van der Waals surface area contributed by atoms with Gasteiger partial charge in [0.25, 0.3) is 0 Å². The van der Waals surface area contributed by atoms with E-state index in [-0.39, 0.29) is 5.75 Å². The number of phenols is 1. The Morgan fingerprint density at radius 3 is 2.46 bits per heavy atom. The van der Waals surface area contributed by atoms with E-state index in [9.17, 15) is 4.39 Å². The van der Waals surface area contributed by atoms with Crippen molar-refractivity contribution in [3.63, 3.8) is 0 Å². The lowest BCUT2D eigenvalue weighted by atomic mass is 10.1. The number of halogens is 1. The maximum Gasteiger partial charge on any atom is 0.165 e. The molecule has 0 amide bonds. The molecule has 0 saturated heterocycles. The van der Waals surface area contributed by atoms with Gasteiger partial charge in [0.2, 0.25) is 0 Å². The summed E-state index contributed by atoms with van der Waals surface area (Å²) in [5.41, 5.74) is 6.07. The highest BCUT2D eigenvalue weighted by Crippen LogP contribution is 2.15. The van der Waals surface area contributed by atoms with Crippen molar-refractivity contribution in [1.29, 1.82) is 0 Å². The fourth-order valence-corrected chi connectivity index (χ4v) is 0.873. The first-order valence-electron chi connectivity index (χ1n) is 4.41. The molecule has 0 unspecified atom stereocenters. The SMILES string of the molecule is CC.NCCc1ccc(O)c(F)c1. The minimum absolute atomic E-state index is 0.314. The predicted octanol–water partition coefficient (Wildman–Crippen LogP) is 2.06. The van der Waals surface area contributed by atoms with Crippen LogP contribution in [0.5, 0.6) is 5.75 Å². The van der Waals surface area contributed by atoms with E-state index in [1.54, 1.807) is 6.07 Å². The van der Waals surface area contributed by atoms with E-state index in [0.717, 1.165) is 5.56 Å². The number of nitrogens with two attached hydrogens (primary N) is 1. The Bertz CT molecular complexity index is 251. The van der Waals surface area contributed by atoms with Gasteiger partial charge in [0, 0.05) is 0 Å². The van der Waals surface area contributed by atoms with Gasteiger partial charge in [-0.05, 0) is 30.7 Å². The number of rotatable bonds is 2. The Morgan fingerprint density at radius 2 is 2.00 bits per heavy atom. The molecule has 1 rings (SSSR count). The van der Waals surface area contributed by atoms with Gasteiger partial charge in [0.05, 0.1) is 0 Å². The van der Waals surface area contributed by atoms with Gasteiger partial charge >= 0.3 is 0 Å². The van der Waals surface area contributed by atoms with Gasteiger partial charge in [-0.1, -0.05) is 19.9 Å². The fraction of sp³-hybridized carbons (Fsp3) is 0.400. The quantitative estimate of drug-likeness (QED) is 0.740. The second-order valence-corrected chi connectivity index (χ2v) is 2.32. The molecule has 3 N–H and O–H groups in total. The average molecular weight is 185 g/mol. The van der Waals surface area contributed by atoms with Crippen LogP contribution in [0.2, 0.25) is 0 Å². The summed E-state index contributed by atoms with van der Waals surface area (Å²) in [5.74, 6) is -0.901. The van der Waals surface area contributed by atoms with E-state index in [2.05, 4.69) is 0 Å². The van der Waals surface area contributed by atoms with Crippen LogP contribution in [-0.2, 0) is 6.42 Å². The number of hydrogen-bond donors (Lipinski definition) is 2. The highest BCUT2D eigenvalue weighted by atomic mass is 19.1. The number of phenolic OH excluding ortho intramolecular Hbond substituents is 1. The smallest absolute Gasteiger partial charge is 0.165 e. The van der Waals surface area contributed by atoms with Crippen molar-refractivity contribution in [1.82, 2.24) is 0 Å². The van der Waals surface area contributed by atoms with Crippen molar-refractivity contribution in [2.75, 3.05) is 6.54 Å². The van der Waals surface area contributed by atoms with Crippen LogP contribution < -0.4 is 5.73 Å². The second-order valence-electron chi connectivity index (χ2n) is 2.32. The molecule has 0 heterocycles. The summed E-state index contributed by atoms with van der Waals surface area (Å²) in [7, 11) is 0. The van der Waals surface area contributed by atoms with Crippen molar-refractivity contribution in [2.45, 2.75) is 20.3 Å². The third-order valence-electron chi connectivity index (χ3n) is 1.45. The summed E-state index contributed by atoms with van der Waals surface area (Å²) in [5, 5.41) is 8.81. The summed E-state index contributed by atoms with van der Waals surface area (Å²) in [4.78, 5) is 0. The van der Waals surface area contributed by atoms with E-state index in [0.29, 0.717) is 13.0 Å². The van der Waals surface area contributed by atoms with Crippen LogP contribution in [0.1, 0.15) is 19.4 Å². The second kappa shape index (κ2) is 6.43. The molecule has 2 nitrogen and oxygen atoms in total. The molecule has 74 valence electrons. The summed E-state index contributed by atoms with van der Waals surface area (Å²) in [6.45, 7) is 4.49. The van der Waals surface area contributed by atoms with E-state index >= 15 is 0 Å². The molecule has 1 aromatic rings. The minimum atomic E-state index is -0.587. The zero-order chi connectivity index (χ0) is 10.3. The van der Waals surface area contributed by atoms with Crippen LogP contribution in [0, 0.1) is 5.82 Å². The van der Waals surface area contributed by atoms with Crippen molar-refractivity contribution in [3.8, 4) is 5.75 Å². The van der Waals surface area contributed by atoms with Crippen molar-refractivity contribution in [2.24, 2.45) is 5.73 Å². The molecule has 0 bridgehead atoms. The van der Waals surface area contributed by atoms with Crippen LogP contribution in [0.15, 0.2) is 18.2 Å². The molecular weight excluding hydrogens is 169 g/mol. The van der Waals surface area contributed by atoms with Gasteiger partial charge in [-0.25, -0.2) is 4.39 Å². The molecule has 0 aliphatic rings. The highest BCUT2D eigenvalue weighted by Gasteiger charge is 1.99. The maximum absolute atomic E-state index is 12.6. The Morgan fingerprint density at radius 1 is 1.38 bits per heavy atom. The predicted molar refractivity (Wildman–Crippen MR) is 52.2 cm³/mol. The van der Waals surface area contributed by atoms with Crippen LogP contribution >= 0.6 is 0 Å². The van der Waals surface area contributed by atoms with Crippen molar-refractivity contribution < 1.29 is 9.50 Å². The first-order chi connectivity index (χ1) is 6.24. The Kier molecular flexibility index (Phi) is 5.89. The Balaban J connectivity index is 0.000000671. The number of hydrogen-bond acceptors (Lipinski definition) is 2. The van der Waals surface area contributed by atoms with E-state index in [4.69, 9.17) is 10.8 Å². The fourth-order valence-electron chi connectivity index (χ4n) is 0.873. The molecule has 0 fully saturated rings. The first-order valence-corrected chi connectivity index (χ1v) is 4.41. The molecule has 1 aromatic carbocycles. The zero-order valence-electron chi connectivity index (χ0n) is 8.05. The lowest BCUT2D eigenvalue weighted by molar-refractivity contribution is 0.432. The van der Waals surface area contributed by atoms with Gasteiger partial charge in [0.15, 0.2) is 11.6 Å². The summed E-state index contributed by atoms with van der Waals surface area (Å²) < 4.78 is 12.6. The normalized spacial score (nSPS) is 8.92. The number of aromatic hydroxyl groups is 1. The maximum atomic E-state index is 12.6. The summed E-state index contributed by atoms with van der Waals surface area (Å²) in [6.07, 6.45) is 0.636. The molecule has 0 aromatic heterocycles. The molecule has 0 saturated carbocycles. The molecule has 0 radical (unpaired) electrons. The third-order valence-corrected chi connectivity index (χ3v) is 1.45. The standard InChI is InChI=1S/C8H10FNO.C2H6/c9-7-5-6(3-4-10)1-2-8(7)11;1-2/h1-2,5,11H,3-4,10H2;1-2H3. The lowest BCUT2D eigenvalue weighted by Crippen LogP contribution is -2.02. The molecule has 0 atom stereocenters. The van der Waals surface area contributed by atoms with Gasteiger partial charge in [-0.2, -0.15) is 0 Å². The molecular formula is C10H16FNO. The van der Waals surface area contributed by atoms with Crippen molar-refractivity contribution >= 4 is 0 Å². The van der Waals surface area contributed by atoms with Crippen molar-refractivity contribution in [3.05, 3.63) is 29.6 Å². The number of benzene rings is 1. The van der Waals surface area contributed by atoms with Gasteiger partial charge in [-0.3, -0.25) is 0 Å². The van der Waals surface area contributed by atoms with Gasteiger partial charge in [-0.15, -0.1) is 0 Å². The lowest BCUT2D eigenvalue weighted by Gasteiger charge is -1.99. The van der Waals surface area contributed by atoms with E-state index in [1.807, 2.05) is 13.8 Å². The summed E-state index contributed by atoms with van der Waals surface area (Å²) >= 11 is 0. The molecule has 13 heavy (non-hydrogen) atoms. The Hall–Kier alpha value is -1.09. The molecule has 0 spiro atoms. The van der Waals surface area contributed by atoms with E-state index in [1.165, 1.54) is 12.1 Å².